The highest BCUT2D eigenvalue weighted by Crippen LogP contribution is 2.36. The fraction of sp³-hybridized carbons (Fsp3) is 0.167. The highest BCUT2D eigenvalue weighted by molar-refractivity contribution is 7.71. The van der Waals surface area contributed by atoms with Gasteiger partial charge >= 0.3 is 6.18 Å². The molecular weight excluding hydrogens is 379 g/mol. The smallest absolute Gasteiger partial charge is 0.417 e. The van der Waals surface area contributed by atoms with Crippen LogP contribution in [0.4, 0.5) is 13.2 Å². The Morgan fingerprint density at radius 1 is 1.37 bits per heavy atom. The number of benzene rings is 1. The second kappa shape index (κ2) is 6.99. The number of H-pyrrole nitrogens is 1. The first-order valence-electron chi connectivity index (χ1n) is 7.76. The van der Waals surface area contributed by atoms with Crippen LogP contribution in [-0.4, -0.2) is 21.6 Å². The lowest BCUT2D eigenvalue weighted by molar-refractivity contribution is -0.136. The summed E-state index contributed by atoms with van der Waals surface area (Å²) in [5.41, 5.74) is -1.72. The topological polar surface area (TPSA) is 59.9 Å². The largest absolute Gasteiger partial charge is 0.497 e. The number of aromatic nitrogens is 3. The summed E-state index contributed by atoms with van der Waals surface area (Å²) in [5.74, 6) is 0.469. The number of nitrogens with zero attached hydrogens (tertiary/aromatic N) is 2. The van der Waals surface area contributed by atoms with Gasteiger partial charge in [-0.1, -0.05) is 18.2 Å². The summed E-state index contributed by atoms with van der Waals surface area (Å²) in [6.07, 6.45) is -3.29. The van der Waals surface area contributed by atoms with Gasteiger partial charge in [-0.2, -0.15) is 13.2 Å². The van der Waals surface area contributed by atoms with Gasteiger partial charge in [-0.05, 0) is 30.4 Å². The molecule has 0 atom stereocenters. The normalized spacial score (nSPS) is 11.6. The van der Waals surface area contributed by atoms with E-state index in [4.69, 9.17) is 17.0 Å². The van der Waals surface area contributed by atoms with Gasteiger partial charge in [0.15, 0.2) is 4.77 Å². The maximum atomic E-state index is 13.7. The predicted octanol–water partition coefficient (Wildman–Crippen LogP) is 4.33. The molecule has 0 aliphatic carbocycles. The Bertz CT molecular complexity index is 1150. The number of methoxy groups -OCH3 is 1. The number of hydrogen-bond acceptors (Lipinski definition) is 4. The van der Waals surface area contributed by atoms with Crippen LogP contribution in [0, 0.1) is 4.77 Å². The Kier molecular flexibility index (Phi) is 4.88. The van der Waals surface area contributed by atoms with Crippen LogP contribution in [0.15, 0.2) is 47.8 Å². The molecular formula is C18H14F3N3O2S. The molecule has 0 bridgehead atoms. The standard InChI is InChI=1S/C18H14F3N3O2S/c1-3-7-24-15-14(16(25)23-17(24)27)12(18(19,20)21)9-13(22-15)10-5-4-6-11(8-10)26-2/h3-6,8-9H,1,7H2,2H3,(H,23,25,27). The Balaban J connectivity index is 2.47. The molecule has 0 radical (unpaired) electrons. The molecule has 0 aliphatic rings. The number of alkyl halides is 3. The van der Waals surface area contributed by atoms with Crippen molar-refractivity contribution >= 4 is 23.3 Å². The second-order valence-electron chi connectivity index (χ2n) is 5.64. The van der Waals surface area contributed by atoms with Gasteiger partial charge in [0, 0.05) is 12.1 Å². The average molecular weight is 393 g/mol. The molecule has 2 heterocycles. The minimum atomic E-state index is -4.75. The Morgan fingerprint density at radius 3 is 2.74 bits per heavy atom. The zero-order valence-corrected chi connectivity index (χ0v) is 14.9. The van der Waals surface area contributed by atoms with E-state index in [0.717, 1.165) is 6.07 Å². The number of fused-ring (bicyclic) bond motifs is 1. The van der Waals surface area contributed by atoms with E-state index >= 15 is 0 Å². The summed E-state index contributed by atoms with van der Waals surface area (Å²) in [7, 11) is 1.45. The molecule has 0 unspecified atom stereocenters. The molecule has 0 saturated heterocycles. The van der Waals surface area contributed by atoms with Crippen molar-refractivity contribution in [2.75, 3.05) is 7.11 Å². The van der Waals surface area contributed by atoms with E-state index in [-0.39, 0.29) is 22.7 Å². The fourth-order valence-electron chi connectivity index (χ4n) is 2.73. The molecule has 0 fully saturated rings. The average Bonchev–Trinajstić information content (AvgIpc) is 2.63. The van der Waals surface area contributed by atoms with Crippen LogP contribution in [0.5, 0.6) is 5.75 Å². The van der Waals surface area contributed by atoms with E-state index in [1.165, 1.54) is 17.8 Å². The summed E-state index contributed by atoms with van der Waals surface area (Å²) >= 11 is 5.09. The van der Waals surface area contributed by atoms with Gasteiger partial charge in [-0.3, -0.25) is 14.3 Å². The SMILES string of the molecule is C=CCn1c(=S)[nH]c(=O)c2c(C(F)(F)F)cc(-c3cccc(OC)c3)nc21. The summed E-state index contributed by atoms with van der Waals surface area (Å²) in [4.78, 5) is 18.8. The van der Waals surface area contributed by atoms with Crippen molar-refractivity contribution in [3.8, 4) is 17.0 Å². The number of nitrogens with one attached hydrogen (secondary N) is 1. The summed E-state index contributed by atoms with van der Waals surface area (Å²) in [5, 5.41) is -0.565. The first-order valence-corrected chi connectivity index (χ1v) is 8.17. The lowest BCUT2D eigenvalue weighted by Gasteiger charge is -2.15. The number of ether oxygens (including phenoxy) is 1. The van der Waals surface area contributed by atoms with E-state index in [1.807, 2.05) is 0 Å². The number of allylic oxidation sites excluding steroid dienone is 1. The van der Waals surface area contributed by atoms with Gasteiger partial charge in [0.2, 0.25) is 0 Å². The van der Waals surface area contributed by atoms with E-state index < -0.39 is 22.7 Å². The monoisotopic (exact) mass is 393 g/mol. The zero-order chi connectivity index (χ0) is 19.8. The Labute approximate surface area is 156 Å². The maximum Gasteiger partial charge on any atom is 0.417 e. The van der Waals surface area contributed by atoms with Crippen molar-refractivity contribution in [2.45, 2.75) is 12.7 Å². The van der Waals surface area contributed by atoms with Gasteiger partial charge in [0.25, 0.3) is 5.56 Å². The summed E-state index contributed by atoms with van der Waals surface area (Å²) < 4.78 is 47.5. The summed E-state index contributed by atoms with van der Waals surface area (Å²) in [6, 6.07) is 7.33. The van der Waals surface area contributed by atoms with Gasteiger partial charge < -0.3 is 4.74 Å². The van der Waals surface area contributed by atoms with Crippen LogP contribution in [0.2, 0.25) is 0 Å². The molecule has 1 N–H and O–H groups in total. The zero-order valence-electron chi connectivity index (χ0n) is 14.1. The molecule has 0 saturated carbocycles. The van der Waals surface area contributed by atoms with Crippen LogP contribution in [0.1, 0.15) is 5.56 Å². The van der Waals surface area contributed by atoms with Gasteiger partial charge in [-0.15, -0.1) is 6.58 Å². The molecule has 0 amide bonds. The lowest BCUT2D eigenvalue weighted by Crippen LogP contribution is -2.20. The number of rotatable bonds is 4. The van der Waals surface area contributed by atoms with Crippen molar-refractivity contribution in [2.24, 2.45) is 0 Å². The highest BCUT2D eigenvalue weighted by Gasteiger charge is 2.35. The number of halogens is 3. The van der Waals surface area contributed by atoms with Crippen LogP contribution >= 0.6 is 12.2 Å². The van der Waals surface area contributed by atoms with E-state index in [2.05, 4.69) is 16.5 Å². The Hall–Kier alpha value is -2.94. The number of pyridine rings is 1. The van der Waals surface area contributed by atoms with E-state index in [0.29, 0.717) is 11.3 Å². The number of hydrogen-bond donors (Lipinski definition) is 1. The molecule has 5 nitrogen and oxygen atoms in total. The van der Waals surface area contributed by atoms with Crippen molar-refractivity contribution in [3.05, 3.63) is 63.7 Å². The Morgan fingerprint density at radius 2 is 2.11 bits per heavy atom. The predicted molar refractivity (Wildman–Crippen MR) is 98.4 cm³/mol. The van der Waals surface area contributed by atoms with Crippen molar-refractivity contribution in [1.29, 1.82) is 0 Å². The van der Waals surface area contributed by atoms with E-state index in [9.17, 15) is 18.0 Å². The molecule has 27 heavy (non-hydrogen) atoms. The van der Waals surface area contributed by atoms with Crippen LogP contribution in [0.3, 0.4) is 0 Å². The minimum absolute atomic E-state index is 0.0317. The molecule has 0 aliphatic heterocycles. The molecule has 9 heteroatoms. The molecule has 140 valence electrons. The van der Waals surface area contributed by atoms with E-state index in [1.54, 1.807) is 24.3 Å². The van der Waals surface area contributed by atoms with Crippen LogP contribution in [-0.2, 0) is 12.7 Å². The third kappa shape index (κ3) is 3.50. The number of aromatic amines is 1. The van der Waals surface area contributed by atoms with Crippen LogP contribution < -0.4 is 10.3 Å². The van der Waals surface area contributed by atoms with Crippen molar-refractivity contribution in [1.82, 2.24) is 14.5 Å². The fourth-order valence-corrected chi connectivity index (χ4v) is 2.98. The minimum Gasteiger partial charge on any atom is -0.497 e. The van der Waals surface area contributed by atoms with Gasteiger partial charge in [0.05, 0.1) is 23.8 Å². The molecule has 0 spiro atoms. The first-order chi connectivity index (χ1) is 12.8. The van der Waals surface area contributed by atoms with Crippen LogP contribution in [0.25, 0.3) is 22.3 Å². The quantitative estimate of drug-likeness (QED) is 0.529. The molecule has 3 rings (SSSR count). The molecule has 2 aromatic heterocycles. The molecule has 3 aromatic rings. The maximum absolute atomic E-state index is 13.7. The third-order valence-electron chi connectivity index (χ3n) is 3.93. The lowest BCUT2D eigenvalue weighted by atomic mass is 10.1. The van der Waals surface area contributed by atoms with Crippen molar-refractivity contribution in [3.63, 3.8) is 0 Å². The van der Waals surface area contributed by atoms with Gasteiger partial charge in [-0.25, -0.2) is 4.98 Å². The first kappa shape index (κ1) is 18.8. The second-order valence-corrected chi connectivity index (χ2v) is 6.03. The van der Waals surface area contributed by atoms with Gasteiger partial charge in [0.1, 0.15) is 11.4 Å². The van der Waals surface area contributed by atoms with Crippen molar-refractivity contribution < 1.29 is 17.9 Å². The third-order valence-corrected chi connectivity index (χ3v) is 4.25. The highest BCUT2D eigenvalue weighted by atomic mass is 32.1. The molecule has 1 aromatic carbocycles. The summed E-state index contributed by atoms with van der Waals surface area (Å²) in [6.45, 7) is 3.67.